The molecular formula is C23H20N2O4. The number of nitrogens with zero attached hydrogens (tertiary/aromatic N) is 1. The number of ketones is 2. The lowest BCUT2D eigenvalue weighted by Gasteiger charge is -2.22. The van der Waals surface area contributed by atoms with E-state index in [0.717, 1.165) is 11.3 Å². The van der Waals surface area contributed by atoms with Gasteiger partial charge in [0.05, 0.1) is 16.8 Å². The number of phenolic OH excluding ortho intramolecular Hbond substituents is 1. The van der Waals surface area contributed by atoms with Crippen molar-refractivity contribution in [2.45, 2.75) is 6.92 Å². The standard InChI is InChI=1S/C23H20N2O4/c1-12-7-8-15-16(9-12)23(28)19-17(26)11-18(21(24)20(19)22(15)27)29-14-6-4-5-13(10-14)25(2)3/h4-11,26H,24H2,1-3H3. The van der Waals surface area contributed by atoms with Crippen LogP contribution in [0.1, 0.15) is 37.4 Å². The van der Waals surface area contributed by atoms with Crippen molar-refractivity contribution < 1.29 is 19.4 Å². The number of fused-ring (bicyclic) bond motifs is 2. The largest absolute Gasteiger partial charge is 0.507 e. The van der Waals surface area contributed by atoms with Crippen LogP contribution in [-0.2, 0) is 0 Å². The van der Waals surface area contributed by atoms with Gasteiger partial charge in [0.1, 0.15) is 11.5 Å². The minimum Gasteiger partial charge on any atom is -0.507 e. The molecular weight excluding hydrogens is 368 g/mol. The molecule has 29 heavy (non-hydrogen) atoms. The van der Waals surface area contributed by atoms with Crippen LogP contribution in [0, 0.1) is 6.92 Å². The minimum absolute atomic E-state index is 0.0230. The highest BCUT2D eigenvalue weighted by Crippen LogP contribution is 2.42. The number of benzene rings is 3. The van der Waals surface area contributed by atoms with Crippen LogP contribution in [0.25, 0.3) is 0 Å². The first-order chi connectivity index (χ1) is 13.8. The van der Waals surface area contributed by atoms with E-state index in [1.807, 2.05) is 38.1 Å². The summed E-state index contributed by atoms with van der Waals surface area (Å²) in [7, 11) is 3.81. The number of anilines is 2. The SMILES string of the molecule is Cc1ccc2c(c1)C(=O)c1c(O)cc(Oc3cccc(N(C)C)c3)c(N)c1C2=O. The van der Waals surface area contributed by atoms with Crippen molar-refractivity contribution in [3.05, 3.63) is 76.3 Å². The number of carbonyl (C=O) groups is 2. The summed E-state index contributed by atoms with van der Waals surface area (Å²) in [5.41, 5.74) is 8.46. The summed E-state index contributed by atoms with van der Waals surface area (Å²) < 4.78 is 5.86. The van der Waals surface area contributed by atoms with Gasteiger partial charge in [-0.15, -0.1) is 0 Å². The van der Waals surface area contributed by atoms with Gasteiger partial charge in [0.25, 0.3) is 0 Å². The predicted molar refractivity (Wildman–Crippen MR) is 111 cm³/mol. The van der Waals surface area contributed by atoms with Crippen LogP contribution >= 0.6 is 0 Å². The highest BCUT2D eigenvalue weighted by molar-refractivity contribution is 6.31. The number of hydrogen-bond donors (Lipinski definition) is 2. The summed E-state index contributed by atoms with van der Waals surface area (Å²) in [6.07, 6.45) is 0. The molecule has 3 aromatic carbocycles. The van der Waals surface area contributed by atoms with Crippen molar-refractivity contribution in [3.8, 4) is 17.2 Å². The zero-order chi connectivity index (χ0) is 20.9. The number of hydrogen-bond acceptors (Lipinski definition) is 6. The van der Waals surface area contributed by atoms with E-state index in [2.05, 4.69) is 0 Å². The van der Waals surface area contributed by atoms with Crippen LogP contribution < -0.4 is 15.4 Å². The van der Waals surface area contributed by atoms with E-state index < -0.39 is 11.6 Å². The van der Waals surface area contributed by atoms with Gasteiger partial charge in [0, 0.05) is 43.0 Å². The van der Waals surface area contributed by atoms with Crippen molar-refractivity contribution in [2.24, 2.45) is 0 Å². The molecule has 3 N–H and O–H groups in total. The minimum atomic E-state index is -0.427. The molecule has 0 aromatic heterocycles. The van der Waals surface area contributed by atoms with Gasteiger partial charge in [0.15, 0.2) is 17.3 Å². The van der Waals surface area contributed by atoms with Gasteiger partial charge in [-0.3, -0.25) is 9.59 Å². The molecule has 0 atom stereocenters. The molecule has 0 spiro atoms. The Morgan fingerprint density at radius 1 is 0.931 bits per heavy atom. The van der Waals surface area contributed by atoms with Crippen LogP contribution in [0.3, 0.4) is 0 Å². The van der Waals surface area contributed by atoms with Crippen LogP contribution in [0.2, 0.25) is 0 Å². The summed E-state index contributed by atoms with van der Waals surface area (Å²) >= 11 is 0. The van der Waals surface area contributed by atoms with Gasteiger partial charge in [0.2, 0.25) is 0 Å². The fraction of sp³-hybridized carbons (Fsp3) is 0.130. The molecule has 6 heteroatoms. The quantitative estimate of drug-likeness (QED) is 0.408. The Balaban J connectivity index is 1.83. The molecule has 0 amide bonds. The fourth-order valence-corrected chi connectivity index (χ4v) is 3.48. The second-order valence-electron chi connectivity index (χ2n) is 7.26. The topological polar surface area (TPSA) is 92.9 Å². The molecule has 4 rings (SSSR count). The summed E-state index contributed by atoms with van der Waals surface area (Å²) in [4.78, 5) is 28.0. The molecule has 0 radical (unpaired) electrons. The lowest BCUT2D eigenvalue weighted by molar-refractivity contribution is 0.0977. The third-order valence-electron chi connectivity index (χ3n) is 4.99. The molecule has 0 saturated carbocycles. The second-order valence-corrected chi connectivity index (χ2v) is 7.26. The highest BCUT2D eigenvalue weighted by Gasteiger charge is 2.35. The van der Waals surface area contributed by atoms with Gasteiger partial charge in [-0.25, -0.2) is 0 Å². The fourth-order valence-electron chi connectivity index (χ4n) is 3.48. The number of phenols is 1. The third kappa shape index (κ3) is 2.99. The maximum Gasteiger partial charge on any atom is 0.198 e. The first kappa shape index (κ1) is 18.6. The normalized spacial score (nSPS) is 12.4. The Labute approximate surface area is 168 Å². The maximum absolute atomic E-state index is 13.1. The van der Waals surface area contributed by atoms with Crippen LogP contribution in [0.15, 0.2) is 48.5 Å². The Morgan fingerprint density at radius 2 is 1.66 bits per heavy atom. The Hall–Kier alpha value is -3.80. The van der Waals surface area contributed by atoms with Crippen molar-refractivity contribution in [1.29, 1.82) is 0 Å². The molecule has 0 saturated heterocycles. The number of ether oxygens (including phenoxy) is 1. The van der Waals surface area contributed by atoms with Gasteiger partial charge >= 0.3 is 0 Å². The molecule has 0 bridgehead atoms. The van der Waals surface area contributed by atoms with Crippen LogP contribution in [0.4, 0.5) is 11.4 Å². The van der Waals surface area contributed by atoms with Gasteiger partial charge in [-0.05, 0) is 25.1 Å². The summed E-state index contributed by atoms with van der Waals surface area (Å²) in [5.74, 6) is -0.557. The van der Waals surface area contributed by atoms with Crippen molar-refractivity contribution in [1.82, 2.24) is 0 Å². The molecule has 0 heterocycles. The smallest absolute Gasteiger partial charge is 0.198 e. The second kappa shape index (κ2) is 6.67. The molecule has 0 unspecified atom stereocenters. The molecule has 0 aliphatic heterocycles. The van der Waals surface area contributed by atoms with E-state index >= 15 is 0 Å². The van der Waals surface area contributed by atoms with Crippen LogP contribution in [0.5, 0.6) is 17.2 Å². The summed E-state index contributed by atoms with van der Waals surface area (Å²) in [6, 6.07) is 13.6. The zero-order valence-electron chi connectivity index (χ0n) is 16.3. The zero-order valence-corrected chi connectivity index (χ0v) is 16.3. The molecule has 0 fully saturated rings. The van der Waals surface area contributed by atoms with Crippen molar-refractivity contribution in [2.75, 3.05) is 24.7 Å². The lowest BCUT2D eigenvalue weighted by Crippen LogP contribution is -2.23. The average Bonchev–Trinajstić information content (AvgIpc) is 2.68. The van der Waals surface area contributed by atoms with E-state index in [1.165, 1.54) is 6.07 Å². The summed E-state index contributed by atoms with van der Waals surface area (Å²) in [5, 5.41) is 10.5. The van der Waals surface area contributed by atoms with Gasteiger partial charge in [-0.1, -0.05) is 23.8 Å². The first-order valence-electron chi connectivity index (χ1n) is 9.08. The van der Waals surface area contributed by atoms with E-state index in [0.29, 0.717) is 5.75 Å². The van der Waals surface area contributed by atoms with E-state index in [9.17, 15) is 14.7 Å². The molecule has 1 aliphatic rings. The number of rotatable bonds is 3. The Morgan fingerprint density at radius 3 is 2.38 bits per heavy atom. The number of nitrogens with two attached hydrogens (primary N) is 1. The average molecular weight is 388 g/mol. The number of carbonyl (C=O) groups excluding carboxylic acids is 2. The molecule has 6 nitrogen and oxygen atoms in total. The third-order valence-corrected chi connectivity index (χ3v) is 4.99. The number of nitrogen functional groups attached to an aromatic ring is 1. The Kier molecular flexibility index (Phi) is 4.27. The maximum atomic E-state index is 13.1. The van der Waals surface area contributed by atoms with Gasteiger partial charge in [-0.2, -0.15) is 0 Å². The van der Waals surface area contributed by atoms with E-state index in [-0.39, 0.29) is 39.4 Å². The lowest BCUT2D eigenvalue weighted by atomic mass is 9.82. The van der Waals surface area contributed by atoms with E-state index in [1.54, 1.807) is 30.3 Å². The molecule has 146 valence electrons. The van der Waals surface area contributed by atoms with Crippen molar-refractivity contribution in [3.63, 3.8) is 0 Å². The highest BCUT2D eigenvalue weighted by atomic mass is 16.5. The number of aromatic hydroxyl groups is 1. The van der Waals surface area contributed by atoms with Gasteiger partial charge < -0.3 is 20.5 Å². The van der Waals surface area contributed by atoms with Crippen molar-refractivity contribution >= 4 is 22.9 Å². The molecule has 1 aliphatic carbocycles. The predicted octanol–water partition coefficient (Wildman–Crippen LogP) is 3.92. The van der Waals surface area contributed by atoms with E-state index in [4.69, 9.17) is 10.5 Å². The summed E-state index contributed by atoms with van der Waals surface area (Å²) in [6.45, 7) is 1.83. The monoisotopic (exact) mass is 388 g/mol. The first-order valence-corrected chi connectivity index (χ1v) is 9.08. The molecule has 3 aromatic rings. The Bertz CT molecular complexity index is 1180. The van der Waals surface area contributed by atoms with Crippen LogP contribution in [-0.4, -0.2) is 30.8 Å². The number of aryl methyl sites for hydroxylation is 1.